The van der Waals surface area contributed by atoms with Gasteiger partial charge in [0.1, 0.15) is 0 Å². The number of pyridine rings is 1. The van der Waals surface area contributed by atoms with Gasteiger partial charge in [-0.15, -0.1) is 5.73 Å². The molecule has 6 heterocycles. The van der Waals surface area contributed by atoms with Crippen molar-refractivity contribution in [2.24, 2.45) is 16.7 Å². The predicted molar refractivity (Wildman–Crippen MR) is 349 cm³/mol. The molecule has 1 aromatic carbocycles. The van der Waals surface area contributed by atoms with Gasteiger partial charge >= 0.3 is 0 Å². The molecule has 12 heteroatoms. The van der Waals surface area contributed by atoms with Crippen molar-refractivity contribution in [3.63, 3.8) is 0 Å². The van der Waals surface area contributed by atoms with Crippen LogP contribution < -0.4 is 20.5 Å². The molecule has 2 aromatic heterocycles. The minimum atomic E-state index is -0.0901. The lowest BCUT2D eigenvalue weighted by atomic mass is 9.73. The van der Waals surface area contributed by atoms with Gasteiger partial charge in [-0.3, -0.25) is 19.7 Å². The van der Waals surface area contributed by atoms with Crippen molar-refractivity contribution in [2.45, 2.75) is 222 Å². The first-order valence-electron chi connectivity index (χ1n) is 33.5. The molecule has 0 bridgehead atoms. The monoisotopic (exact) mass is 1130 g/mol. The fraction of sp³-hybridized carbons (Fsp3) is 0.743. The number of piperazine rings is 1. The number of fused-ring (bicyclic) bond motifs is 1. The van der Waals surface area contributed by atoms with Crippen LogP contribution in [0.5, 0.6) is 0 Å². The highest BCUT2D eigenvalue weighted by Crippen LogP contribution is 2.45. The SMILES string of the molecule is C=C=C(C(NC(=C)C(C(C)C)N1CCCC1CN(C)CCC)C(CCN(CCC)c1ccc2c(c1)c(CC(C)(C)COCC)c(-c1cc(N3CCN(C4CC4)CC3)cnc1C(C)CC)n2CC)N1CC(CC)(CC)C1)N1CCCC(C)N1. The molecule has 458 valence electrons. The van der Waals surface area contributed by atoms with Crippen LogP contribution in [0.15, 0.2) is 60.7 Å². The summed E-state index contributed by atoms with van der Waals surface area (Å²) in [4.78, 5) is 21.7. The fourth-order valence-electron chi connectivity index (χ4n) is 15.1. The Morgan fingerprint density at radius 3 is 2.26 bits per heavy atom. The molecule has 82 heavy (non-hydrogen) atoms. The smallest absolute Gasteiger partial charge is 0.0945 e. The van der Waals surface area contributed by atoms with Gasteiger partial charge in [-0.05, 0) is 177 Å². The molecule has 1 aliphatic carbocycles. The molecule has 3 aromatic rings. The van der Waals surface area contributed by atoms with Gasteiger partial charge < -0.3 is 34.3 Å². The number of hydrazine groups is 1. The minimum absolute atomic E-state index is 0.0583. The van der Waals surface area contributed by atoms with E-state index >= 15 is 0 Å². The molecule has 6 unspecified atom stereocenters. The number of hydrogen-bond acceptors (Lipinski definition) is 11. The summed E-state index contributed by atoms with van der Waals surface area (Å²) in [7, 11) is 2.31. The molecule has 8 rings (SSSR count). The van der Waals surface area contributed by atoms with E-state index in [4.69, 9.17) is 16.3 Å². The number of likely N-dealkylation sites (tertiary alicyclic amines) is 2. The second kappa shape index (κ2) is 29.0. The Hall–Kier alpha value is -3.87. The number of anilines is 2. The highest BCUT2D eigenvalue weighted by atomic mass is 16.5. The van der Waals surface area contributed by atoms with E-state index in [-0.39, 0.29) is 23.5 Å². The van der Waals surface area contributed by atoms with Gasteiger partial charge in [0.2, 0.25) is 0 Å². The number of likely N-dealkylation sites (N-methyl/N-ethyl adjacent to an activating group) is 1. The number of rotatable bonds is 32. The Morgan fingerprint density at radius 1 is 0.915 bits per heavy atom. The topological polar surface area (TPSA) is 73.8 Å². The van der Waals surface area contributed by atoms with Gasteiger partial charge in [-0.25, -0.2) is 5.43 Å². The standard InChI is InChI=1S/C70H117N11O/c1-17-34-74(16)47-57-28-26-36-80(57)67(51(9)10)54(13)72-66(62(20-4)81-37-25-27-53(12)73-81)64(78-48-70(21-5,22-6)49-78)33-38-75(35-18-2)56-31-32-63-59(43-56)61(45-69(14,15)50-82-24-8)68(79(63)23-7)60-44-58(46-71-65(60)52(11)19-3)77-41-39-76(40-42-77)55-29-30-55/h31-32,43-44,46,51-53,55,57,64,66-67,72-73H,4,13,17-19,21-30,33-42,45,47-50H2,1-3,5-12,14-16H3. The molecule has 6 atom stereocenters. The molecule has 0 amide bonds. The third-order valence-corrected chi connectivity index (χ3v) is 20.2. The summed E-state index contributed by atoms with van der Waals surface area (Å²) in [6, 6.07) is 12.1. The molecule has 0 spiro atoms. The summed E-state index contributed by atoms with van der Waals surface area (Å²) >= 11 is 0. The Morgan fingerprint density at radius 2 is 1.63 bits per heavy atom. The number of aryl methyl sites for hydroxylation is 1. The number of hydrogen-bond donors (Lipinski definition) is 2. The second-order valence-electron chi connectivity index (χ2n) is 27.4. The zero-order chi connectivity index (χ0) is 58.9. The Kier molecular flexibility index (Phi) is 22.7. The van der Waals surface area contributed by atoms with E-state index in [2.05, 4.69) is 190 Å². The summed E-state index contributed by atoms with van der Waals surface area (Å²) < 4.78 is 8.93. The summed E-state index contributed by atoms with van der Waals surface area (Å²) in [5.74, 6) is 0.727. The summed E-state index contributed by atoms with van der Waals surface area (Å²) in [5, 5.41) is 8.13. The Bertz CT molecular complexity index is 2560. The van der Waals surface area contributed by atoms with Gasteiger partial charge in [0.05, 0.1) is 47.7 Å². The van der Waals surface area contributed by atoms with Crippen LogP contribution in [0.3, 0.4) is 0 Å². The van der Waals surface area contributed by atoms with Crippen LogP contribution in [-0.2, 0) is 17.7 Å². The number of benzene rings is 1. The van der Waals surface area contributed by atoms with E-state index in [1.165, 1.54) is 96.2 Å². The first-order chi connectivity index (χ1) is 39.5. The maximum absolute atomic E-state index is 6.29. The van der Waals surface area contributed by atoms with Crippen molar-refractivity contribution in [1.29, 1.82) is 0 Å². The predicted octanol–water partition coefficient (Wildman–Crippen LogP) is 13.2. The van der Waals surface area contributed by atoms with Crippen LogP contribution in [0.2, 0.25) is 0 Å². The van der Waals surface area contributed by atoms with Crippen LogP contribution in [0.1, 0.15) is 184 Å². The molecule has 2 N–H and O–H groups in total. The van der Waals surface area contributed by atoms with Crippen molar-refractivity contribution >= 4 is 22.3 Å². The molecule has 5 fully saturated rings. The van der Waals surface area contributed by atoms with Gasteiger partial charge in [0.15, 0.2) is 0 Å². The number of aromatic nitrogens is 2. The summed E-state index contributed by atoms with van der Waals surface area (Å²) in [6.07, 6.45) is 17.3. The zero-order valence-corrected chi connectivity index (χ0v) is 54.7. The highest BCUT2D eigenvalue weighted by Gasteiger charge is 2.47. The fourth-order valence-corrected chi connectivity index (χ4v) is 15.1. The van der Waals surface area contributed by atoms with Crippen LogP contribution >= 0.6 is 0 Å². The molecule has 4 saturated heterocycles. The van der Waals surface area contributed by atoms with Crippen molar-refractivity contribution in [3.05, 3.63) is 72.0 Å². The highest BCUT2D eigenvalue weighted by molar-refractivity contribution is 5.95. The Balaban J connectivity index is 1.20. The van der Waals surface area contributed by atoms with E-state index < -0.39 is 0 Å². The first kappa shape index (κ1) is 64.1. The molecular formula is C70H117N11O. The molecule has 5 aliphatic rings. The number of nitrogens with one attached hydrogen (secondary N) is 2. The number of ether oxygens (including phenoxy) is 1. The quantitative estimate of drug-likeness (QED) is 0.0587. The van der Waals surface area contributed by atoms with Gasteiger partial charge in [0.25, 0.3) is 0 Å². The second-order valence-corrected chi connectivity index (χ2v) is 27.4. The van der Waals surface area contributed by atoms with Crippen LogP contribution in [0.25, 0.3) is 22.2 Å². The van der Waals surface area contributed by atoms with Crippen LogP contribution in [-0.4, -0.2) is 169 Å². The summed E-state index contributed by atoms with van der Waals surface area (Å²) in [5.41, 5.74) is 19.3. The average Bonchev–Trinajstić information content (AvgIpc) is 2.59. The molecule has 0 radical (unpaired) electrons. The maximum Gasteiger partial charge on any atom is 0.0945 e. The zero-order valence-electron chi connectivity index (χ0n) is 54.7. The van der Waals surface area contributed by atoms with E-state index in [0.29, 0.717) is 42.5 Å². The van der Waals surface area contributed by atoms with E-state index in [1.54, 1.807) is 0 Å². The third kappa shape index (κ3) is 14.8. The van der Waals surface area contributed by atoms with Crippen molar-refractivity contribution < 1.29 is 4.74 Å². The summed E-state index contributed by atoms with van der Waals surface area (Å²) in [6.45, 7) is 55.3. The molecule has 4 aliphatic heterocycles. The van der Waals surface area contributed by atoms with Gasteiger partial charge in [-0.2, -0.15) is 0 Å². The number of nitrogens with zero attached hydrogens (tertiary/aromatic N) is 9. The third-order valence-electron chi connectivity index (χ3n) is 20.2. The van der Waals surface area contributed by atoms with Crippen LogP contribution in [0.4, 0.5) is 11.4 Å². The normalized spacial score (nSPS) is 21.7. The van der Waals surface area contributed by atoms with E-state index in [0.717, 1.165) is 135 Å². The van der Waals surface area contributed by atoms with Gasteiger partial charge in [-0.1, -0.05) is 82.4 Å². The minimum Gasteiger partial charge on any atom is -0.381 e. The average molecular weight is 1130 g/mol. The molecular weight excluding hydrogens is 1010 g/mol. The lowest BCUT2D eigenvalue weighted by Crippen LogP contribution is -2.66. The largest absolute Gasteiger partial charge is 0.381 e. The first-order valence-corrected chi connectivity index (χ1v) is 33.5. The maximum atomic E-state index is 6.29. The van der Waals surface area contributed by atoms with Gasteiger partial charge in [0, 0.05) is 131 Å². The van der Waals surface area contributed by atoms with Crippen molar-refractivity contribution in [2.75, 3.05) is 109 Å². The van der Waals surface area contributed by atoms with E-state index in [1.807, 2.05) is 0 Å². The van der Waals surface area contributed by atoms with E-state index in [9.17, 15) is 0 Å². The lowest BCUT2D eigenvalue weighted by Gasteiger charge is -2.56. The lowest BCUT2D eigenvalue weighted by molar-refractivity contribution is -0.0484. The Labute approximate surface area is 500 Å². The molecule has 12 nitrogen and oxygen atoms in total. The van der Waals surface area contributed by atoms with Crippen molar-refractivity contribution in [3.8, 4) is 11.3 Å². The van der Waals surface area contributed by atoms with Crippen molar-refractivity contribution in [1.82, 2.24) is 44.9 Å². The molecule has 1 saturated carbocycles. The van der Waals surface area contributed by atoms with Crippen LogP contribution in [0, 0.1) is 16.7 Å².